The molecule has 0 spiro atoms. The van der Waals surface area contributed by atoms with Crippen molar-refractivity contribution in [3.63, 3.8) is 0 Å². The van der Waals surface area contributed by atoms with E-state index in [-0.39, 0.29) is 11.7 Å². The number of carbonyl (C=O) groups excluding carboxylic acids is 1. The molecule has 3 N–H and O–H groups in total. The number of aryl methyl sites for hydroxylation is 2. The summed E-state index contributed by atoms with van der Waals surface area (Å²) in [5.41, 5.74) is 2.07. The van der Waals surface area contributed by atoms with Crippen LogP contribution in [0.2, 0.25) is 0 Å². The van der Waals surface area contributed by atoms with Crippen molar-refractivity contribution in [2.75, 3.05) is 16.9 Å². The SMILES string of the molecule is CCCc1ccc(NC(=O)CSc2nnc(C)n2N)cc1. The molecule has 0 unspecified atom stereocenters. The standard InChI is InChI=1S/C14H19N5OS/c1-3-4-11-5-7-12(8-6-11)16-13(20)9-21-14-18-17-10(2)19(14)15/h5-8H,3-4,9,15H2,1-2H3,(H,16,20). The summed E-state index contributed by atoms with van der Waals surface area (Å²) in [4.78, 5) is 11.9. The van der Waals surface area contributed by atoms with Gasteiger partial charge in [-0.05, 0) is 31.0 Å². The number of hydrogen-bond acceptors (Lipinski definition) is 5. The van der Waals surface area contributed by atoms with Gasteiger partial charge in [-0.25, -0.2) is 4.68 Å². The van der Waals surface area contributed by atoms with Gasteiger partial charge in [0.05, 0.1) is 5.75 Å². The van der Waals surface area contributed by atoms with Crippen molar-refractivity contribution in [3.8, 4) is 0 Å². The van der Waals surface area contributed by atoms with Crippen molar-refractivity contribution < 1.29 is 4.79 Å². The number of nitrogens with two attached hydrogens (primary N) is 1. The van der Waals surface area contributed by atoms with E-state index < -0.39 is 0 Å². The molecule has 0 fully saturated rings. The molecule has 1 aromatic heterocycles. The van der Waals surface area contributed by atoms with E-state index in [0.29, 0.717) is 11.0 Å². The molecule has 6 nitrogen and oxygen atoms in total. The van der Waals surface area contributed by atoms with E-state index in [4.69, 9.17) is 5.84 Å². The molecule has 0 saturated carbocycles. The normalized spacial score (nSPS) is 10.6. The largest absolute Gasteiger partial charge is 0.336 e. The smallest absolute Gasteiger partial charge is 0.234 e. The number of nitrogens with one attached hydrogen (secondary N) is 1. The van der Waals surface area contributed by atoms with Gasteiger partial charge in [-0.3, -0.25) is 4.79 Å². The van der Waals surface area contributed by atoms with E-state index in [0.717, 1.165) is 18.5 Å². The Balaban J connectivity index is 1.85. The van der Waals surface area contributed by atoms with Gasteiger partial charge in [0, 0.05) is 5.69 Å². The maximum atomic E-state index is 11.9. The van der Waals surface area contributed by atoms with Crippen LogP contribution in [0.25, 0.3) is 0 Å². The van der Waals surface area contributed by atoms with Gasteiger partial charge in [0.15, 0.2) is 0 Å². The highest BCUT2D eigenvalue weighted by Crippen LogP contribution is 2.15. The van der Waals surface area contributed by atoms with Gasteiger partial charge in [-0.15, -0.1) is 10.2 Å². The third-order valence-corrected chi connectivity index (χ3v) is 3.89. The second-order valence-corrected chi connectivity index (χ2v) is 5.63. The van der Waals surface area contributed by atoms with Gasteiger partial charge < -0.3 is 11.2 Å². The predicted molar refractivity (Wildman–Crippen MR) is 84.7 cm³/mol. The molecule has 0 aliphatic rings. The van der Waals surface area contributed by atoms with Crippen LogP contribution in [0, 0.1) is 6.92 Å². The van der Waals surface area contributed by atoms with Gasteiger partial charge in [0.25, 0.3) is 0 Å². The Morgan fingerprint density at radius 3 is 2.62 bits per heavy atom. The van der Waals surface area contributed by atoms with Crippen LogP contribution in [0.15, 0.2) is 29.4 Å². The molecule has 2 rings (SSSR count). The van der Waals surface area contributed by atoms with E-state index >= 15 is 0 Å². The number of hydrogen-bond donors (Lipinski definition) is 2. The summed E-state index contributed by atoms with van der Waals surface area (Å²) in [6.45, 7) is 3.90. The molecule has 0 atom stereocenters. The van der Waals surface area contributed by atoms with E-state index in [1.165, 1.54) is 22.0 Å². The third kappa shape index (κ3) is 4.22. The minimum Gasteiger partial charge on any atom is -0.336 e. The molecule has 21 heavy (non-hydrogen) atoms. The number of nitrogens with zero attached hydrogens (tertiary/aromatic N) is 3. The second-order valence-electron chi connectivity index (χ2n) is 4.68. The van der Waals surface area contributed by atoms with Gasteiger partial charge in [0.2, 0.25) is 11.1 Å². The molecule has 0 bridgehead atoms. The summed E-state index contributed by atoms with van der Waals surface area (Å²) >= 11 is 1.26. The Morgan fingerprint density at radius 1 is 1.33 bits per heavy atom. The third-order valence-electron chi connectivity index (χ3n) is 2.94. The number of amides is 1. The van der Waals surface area contributed by atoms with Crippen molar-refractivity contribution in [1.29, 1.82) is 0 Å². The molecule has 7 heteroatoms. The van der Waals surface area contributed by atoms with Gasteiger partial charge in [-0.2, -0.15) is 0 Å². The van der Waals surface area contributed by atoms with Crippen molar-refractivity contribution in [2.24, 2.45) is 0 Å². The lowest BCUT2D eigenvalue weighted by Crippen LogP contribution is -2.16. The van der Waals surface area contributed by atoms with E-state index in [2.05, 4.69) is 22.4 Å². The fourth-order valence-corrected chi connectivity index (χ4v) is 2.52. The highest BCUT2D eigenvalue weighted by Gasteiger charge is 2.09. The summed E-state index contributed by atoms with van der Waals surface area (Å²) in [5, 5.41) is 11.1. The highest BCUT2D eigenvalue weighted by molar-refractivity contribution is 7.99. The number of anilines is 1. The molecule has 112 valence electrons. The van der Waals surface area contributed by atoms with E-state index in [1.807, 2.05) is 24.3 Å². The highest BCUT2D eigenvalue weighted by atomic mass is 32.2. The number of carbonyl (C=O) groups is 1. The molecular weight excluding hydrogens is 286 g/mol. The molecule has 0 saturated heterocycles. The van der Waals surface area contributed by atoms with E-state index in [1.54, 1.807) is 6.92 Å². The number of aromatic nitrogens is 3. The molecule has 0 aliphatic heterocycles. The first-order chi connectivity index (χ1) is 10.1. The number of rotatable bonds is 6. The molecular formula is C14H19N5OS. The molecule has 0 radical (unpaired) electrons. The zero-order valence-corrected chi connectivity index (χ0v) is 13.0. The minimum absolute atomic E-state index is 0.0936. The Hall–Kier alpha value is -2.02. The Labute approximate surface area is 128 Å². The van der Waals surface area contributed by atoms with Crippen LogP contribution in [-0.2, 0) is 11.2 Å². The van der Waals surface area contributed by atoms with Crippen LogP contribution in [0.1, 0.15) is 24.7 Å². The molecule has 1 heterocycles. The van der Waals surface area contributed by atoms with Crippen LogP contribution < -0.4 is 11.2 Å². The maximum Gasteiger partial charge on any atom is 0.234 e. The van der Waals surface area contributed by atoms with Crippen LogP contribution in [0.3, 0.4) is 0 Å². The molecule has 0 aliphatic carbocycles. The van der Waals surface area contributed by atoms with Crippen molar-refractivity contribution in [2.45, 2.75) is 31.8 Å². The molecule has 2 aromatic rings. The lowest BCUT2D eigenvalue weighted by molar-refractivity contribution is -0.113. The minimum atomic E-state index is -0.0936. The van der Waals surface area contributed by atoms with Crippen molar-refractivity contribution in [1.82, 2.24) is 14.9 Å². The summed E-state index contributed by atoms with van der Waals surface area (Å²) < 4.78 is 1.37. The van der Waals surface area contributed by atoms with Gasteiger partial charge in [0.1, 0.15) is 5.82 Å². The Kier molecular flexibility index (Phi) is 5.21. The number of nitrogen functional groups attached to an aromatic ring is 1. The maximum absolute atomic E-state index is 11.9. The summed E-state index contributed by atoms with van der Waals surface area (Å²) in [5.74, 6) is 6.49. The first-order valence-corrected chi connectivity index (χ1v) is 7.77. The van der Waals surface area contributed by atoms with Crippen LogP contribution >= 0.6 is 11.8 Å². The molecule has 1 amide bonds. The first-order valence-electron chi connectivity index (χ1n) is 6.79. The van der Waals surface area contributed by atoms with Crippen molar-refractivity contribution >= 4 is 23.4 Å². The second kappa shape index (κ2) is 7.12. The van der Waals surface area contributed by atoms with Crippen LogP contribution in [0.4, 0.5) is 5.69 Å². The van der Waals surface area contributed by atoms with Crippen molar-refractivity contribution in [3.05, 3.63) is 35.7 Å². The Morgan fingerprint density at radius 2 is 2.05 bits per heavy atom. The summed E-state index contributed by atoms with van der Waals surface area (Å²) in [7, 11) is 0. The lowest BCUT2D eigenvalue weighted by Gasteiger charge is -2.06. The zero-order valence-electron chi connectivity index (χ0n) is 12.2. The topological polar surface area (TPSA) is 85.8 Å². The average molecular weight is 305 g/mol. The number of benzene rings is 1. The Bertz CT molecular complexity index is 608. The average Bonchev–Trinajstić information content (AvgIpc) is 2.79. The predicted octanol–water partition coefficient (Wildman–Crippen LogP) is 1.98. The van der Waals surface area contributed by atoms with E-state index in [9.17, 15) is 4.79 Å². The summed E-state index contributed by atoms with van der Waals surface area (Å²) in [6.07, 6.45) is 2.16. The summed E-state index contributed by atoms with van der Waals surface area (Å²) in [6, 6.07) is 7.91. The molecule has 1 aromatic carbocycles. The fraction of sp³-hybridized carbons (Fsp3) is 0.357. The van der Waals surface area contributed by atoms with Gasteiger partial charge >= 0.3 is 0 Å². The zero-order chi connectivity index (χ0) is 15.2. The number of thioether (sulfide) groups is 1. The monoisotopic (exact) mass is 305 g/mol. The fourth-order valence-electron chi connectivity index (χ4n) is 1.82. The van der Waals surface area contributed by atoms with Crippen LogP contribution in [0.5, 0.6) is 0 Å². The van der Waals surface area contributed by atoms with Crippen LogP contribution in [-0.4, -0.2) is 26.5 Å². The van der Waals surface area contributed by atoms with Gasteiger partial charge in [-0.1, -0.05) is 37.2 Å². The lowest BCUT2D eigenvalue weighted by atomic mass is 10.1. The first kappa shape index (κ1) is 15.4. The quantitative estimate of drug-likeness (QED) is 0.629.